The normalized spacial score (nSPS) is 10.7. The molecule has 0 saturated carbocycles. The quantitative estimate of drug-likeness (QED) is 0.337. The molecule has 0 heterocycles. The van der Waals surface area contributed by atoms with Crippen LogP contribution in [0.25, 0.3) is 0 Å². The molecule has 0 atom stereocenters. The van der Waals surface area contributed by atoms with E-state index in [0.29, 0.717) is 31.3 Å². The number of hydrazone groups is 1. The molecule has 0 saturated heterocycles. The summed E-state index contributed by atoms with van der Waals surface area (Å²) in [4.78, 5) is 0. The summed E-state index contributed by atoms with van der Waals surface area (Å²) in [5.41, 5.74) is 0.781. The monoisotopic (exact) mass is 238 g/mol. The van der Waals surface area contributed by atoms with E-state index in [4.69, 9.17) is 20.1 Å². The fourth-order valence-corrected chi connectivity index (χ4v) is 1.38. The summed E-state index contributed by atoms with van der Waals surface area (Å²) in [6.45, 7) is 3.61. The summed E-state index contributed by atoms with van der Waals surface area (Å²) < 4.78 is 16.0. The molecule has 1 aromatic carbocycles. The molecule has 0 spiro atoms. The Morgan fingerprint density at radius 3 is 2.82 bits per heavy atom. The minimum Gasteiger partial charge on any atom is -0.493 e. The number of para-hydroxylation sites is 1. The van der Waals surface area contributed by atoms with Gasteiger partial charge in [0.25, 0.3) is 0 Å². The summed E-state index contributed by atoms with van der Waals surface area (Å²) in [5.74, 6) is 6.43. The second kappa shape index (κ2) is 7.51. The van der Waals surface area contributed by atoms with Crippen molar-refractivity contribution in [1.82, 2.24) is 0 Å². The van der Waals surface area contributed by atoms with E-state index in [0.717, 1.165) is 5.56 Å². The third kappa shape index (κ3) is 3.96. The molecular formula is C12H18N2O3. The highest BCUT2D eigenvalue weighted by atomic mass is 16.5. The number of hydrogen-bond acceptors (Lipinski definition) is 5. The lowest BCUT2D eigenvalue weighted by Crippen LogP contribution is -2.08. The predicted octanol–water partition coefficient (Wildman–Crippen LogP) is 1.40. The second-order valence-corrected chi connectivity index (χ2v) is 3.20. The Morgan fingerprint density at radius 2 is 2.18 bits per heavy atom. The van der Waals surface area contributed by atoms with Gasteiger partial charge in [-0.15, -0.1) is 0 Å². The van der Waals surface area contributed by atoms with Crippen molar-refractivity contribution < 1.29 is 14.2 Å². The van der Waals surface area contributed by atoms with E-state index >= 15 is 0 Å². The zero-order valence-corrected chi connectivity index (χ0v) is 10.2. The fraction of sp³-hybridized carbons (Fsp3) is 0.417. The second-order valence-electron chi connectivity index (χ2n) is 3.20. The molecule has 5 heteroatoms. The number of nitrogens with two attached hydrogens (primary N) is 1. The lowest BCUT2D eigenvalue weighted by molar-refractivity contribution is 0.109. The van der Waals surface area contributed by atoms with Gasteiger partial charge in [0, 0.05) is 12.2 Å². The van der Waals surface area contributed by atoms with Crippen LogP contribution in [0.4, 0.5) is 0 Å². The summed E-state index contributed by atoms with van der Waals surface area (Å²) >= 11 is 0. The molecule has 0 aliphatic carbocycles. The molecule has 0 radical (unpaired) electrons. The largest absolute Gasteiger partial charge is 0.493 e. The molecular weight excluding hydrogens is 220 g/mol. The molecule has 5 nitrogen and oxygen atoms in total. The molecule has 0 unspecified atom stereocenters. The number of hydrogen-bond donors (Lipinski definition) is 1. The molecule has 0 aliphatic heterocycles. The van der Waals surface area contributed by atoms with E-state index in [1.807, 2.05) is 25.1 Å². The van der Waals surface area contributed by atoms with Crippen molar-refractivity contribution in [2.24, 2.45) is 10.9 Å². The Labute approximate surface area is 101 Å². The van der Waals surface area contributed by atoms with Crippen molar-refractivity contribution in [2.75, 3.05) is 26.9 Å². The summed E-state index contributed by atoms with van der Waals surface area (Å²) in [6.07, 6.45) is 1.53. The van der Waals surface area contributed by atoms with Gasteiger partial charge in [-0.25, -0.2) is 0 Å². The highest BCUT2D eigenvalue weighted by Crippen LogP contribution is 2.29. The van der Waals surface area contributed by atoms with Crippen molar-refractivity contribution >= 4 is 6.21 Å². The first kappa shape index (κ1) is 13.3. The topological polar surface area (TPSA) is 66.1 Å². The first-order valence-electron chi connectivity index (χ1n) is 5.44. The maximum Gasteiger partial charge on any atom is 0.170 e. The Kier molecular flexibility index (Phi) is 5.88. The van der Waals surface area contributed by atoms with E-state index in [-0.39, 0.29) is 0 Å². The molecule has 0 amide bonds. The van der Waals surface area contributed by atoms with Crippen molar-refractivity contribution in [2.45, 2.75) is 6.92 Å². The maximum absolute atomic E-state index is 5.62. The van der Waals surface area contributed by atoms with E-state index in [1.54, 1.807) is 7.11 Å². The van der Waals surface area contributed by atoms with Gasteiger partial charge < -0.3 is 20.1 Å². The van der Waals surface area contributed by atoms with Crippen molar-refractivity contribution in [3.63, 3.8) is 0 Å². The standard InChI is InChI=1S/C12H18N2O3/c1-3-16-7-8-17-12-10(9-14-13)5-4-6-11(12)15-2/h4-6,9H,3,7-8,13H2,1-2H3. The van der Waals surface area contributed by atoms with Gasteiger partial charge >= 0.3 is 0 Å². The smallest absolute Gasteiger partial charge is 0.170 e. The Morgan fingerprint density at radius 1 is 1.35 bits per heavy atom. The first-order chi connectivity index (χ1) is 8.33. The van der Waals surface area contributed by atoms with Gasteiger partial charge in [0.2, 0.25) is 0 Å². The summed E-state index contributed by atoms with van der Waals surface area (Å²) in [6, 6.07) is 5.53. The highest BCUT2D eigenvalue weighted by molar-refractivity contribution is 5.84. The average Bonchev–Trinajstić information content (AvgIpc) is 2.36. The average molecular weight is 238 g/mol. The number of ether oxygens (including phenoxy) is 3. The SMILES string of the molecule is CCOCCOc1c(C=NN)cccc1OC. The van der Waals surface area contributed by atoms with Crippen LogP contribution >= 0.6 is 0 Å². The fourth-order valence-electron chi connectivity index (χ4n) is 1.38. The molecule has 0 fully saturated rings. The maximum atomic E-state index is 5.62. The Balaban J connectivity index is 2.77. The van der Waals surface area contributed by atoms with Crippen LogP contribution in [0, 0.1) is 0 Å². The van der Waals surface area contributed by atoms with E-state index in [2.05, 4.69) is 5.10 Å². The van der Waals surface area contributed by atoms with Crippen LogP contribution in [0.2, 0.25) is 0 Å². The van der Waals surface area contributed by atoms with Gasteiger partial charge in [0.15, 0.2) is 11.5 Å². The van der Waals surface area contributed by atoms with Crippen LogP contribution in [0.3, 0.4) is 0 Å². The Hall–Kier alpha value is -1.75. The van der Waals surface area contributed by atoms with Gasteiger partial charge in [-0.2, -0.15) is 5.10 Å². The third-order valence-corrected chi connectivity index (χ3v) is 2.12. The molecule has 17 heavy (non-hydrogen) atoms. The minimum absolute atomic E-state index is 0.458. The number of benzene rings is 1. The van der Waals surface area contributed by atoms with Crippen LogP contribution in [-0.4, -0.2) is 33.1 Å². The van der Waals surface area contributed by atoms with E-state index < -0.39 is 0 Å². The molecule has 94 valence electrons. The van der Waals surface area contributed by atoms with Crippen molar-refractivity contribution in [3.8, 4) is 11.5 Å². The van der Waals surface area contributed by atoms with Crippen LogP contribution in [-0.2, 0) is 4.74 Å². The van der Waals surface area contributed by atoms with Gasteiger partial charge in [0.1, 0.15) is 6.61 Å². The van der Waals surface area contributed by atoms with Gasteiger partial charge in [-0.1, -0.05) is 6.07 Å². The third-order valence-electron chi connectivity index (χ3n) is 2.12. The lowest BCUT2D eigenvalue weighted by Gasteiger charge is -2.12. The Bertz CT molecular complexity index is 367. The van der Waals surface area contributed by atoms with Crippen LogP contribution < -0.4 is 15.3 Å². The molecule has 2 N–H and O–H groups in total. The lowest BCUT2D eigenvalue weighted by atomic mass is 10.2. The van der Waals surface area contributed by atoms with Crippen LogP contribution in [0.15, 0.2) is 23.3 Å². The van der Waals surface area contributed by atoms with Crippen molar-refractivity contribution in [3.05, 3.63) is 23.8 Å². The van der Waals surface area contributed by atoms with E-state index in [9.17, 15) is 0 Å². The molecule has 0 aromatic heterocycles. The number of nitrogens with zero attached hydrogens (tertiary/aromatic N) is 1. The molecule has 1 rings (SSSR count). The minimum atomic E-state index is 0.458. The summed E-state index contributed by atoms with van der Waals surface area (Å²) in [7, 11) is 1.59. The van der Waals surface area contributed by atoms with Gasteiger partial charge in [-0.05, 0) is 19.1 Å². The van der Waals surface area contributed by atoms with E-state index in [1.165, 1.54) is 6.21 Å². The predicted molar refractivity (Wildman–Crippen MR) is 66.8 cm³/mol. The molecule has 0 aliphatic rings. The first-order valence-corrected chi connectivity index (χ1v) is 5.44. The van der Waals surface area contributed by atoms with Crippen LogP contribution in [0.1, 0.15) is 12.5 Å². The molecule has 1 aromatic rings. The number of rotatable bonds is 7. The summed E-state index contributed by atoms with van der Waals surface area (Å²) in [5, 5.41) is 3.49. The highest BCUT2D eigenvalue weighted by Gasteiger charge is 2.08. The van der Waals surface area contributed by atoms with Crippen LogP contribution in [0.5, 0.6) is 11.5 Å². The van der Waals surface area contributed by atoms with Gasteiger partial charge in [-0.3, -0.25) is 0 Å². The van der Waals surface area contributed by atoms with Crippen molar-refractivity contribution in [1.29, 1.82) is 0 Å². The zero-order chi connectivity index (χ0) is 12.5. The zero-order valence-electron chi connectivity index (χ0n) is 10.2. The van der Waals surface area contributed by atoms with Gasteiger partial charge in [0.05, 0.1) is 19.9 Å². The number of methoxy groups -OCH3 is 1. The molecule has 0 bridgehead atoms.